The topological polar surface area (TPSA) is 119 Å². The van der Waals surface area contributed by atoms with Gasteiger partial charge in [0.1, 0.15) is 28.4 Å². The molecule has 0 spiro atoms. The number of benzene rings is 1. The van der Waals surface area contributed by atoms with Gasteiger partial charge in [-0.2, -0.15) is 9.57 Å². The van der Waals surface area contributed by atoms with Crippen LogP contribution in [0, 0.1) is 17.1 Å². The molecule has 1 heterocycles. The van der Waals surface area contributed by atoms with E-state index in [9.17, 15) is 22.7 Å². The largest absolute Gasteiger partial charge is 0.480 e. The number of aliphatic hydroxyl groups excluding tert-OH is 1. The monoisotopic (exact) mass is 314 g/mol. The third-order valence-corrected chi connectivity index (χ3v) is 5.11. The van der Waals surface area contributed by atoms with E-state index in [1.807, 2.05) is 0 Å². The summed E-state index contributed by atoms with van der Waals surface area (Å²) >= 11 is 0. The van der Waals surface area contributed by atoms with Crippen LogP contribution in [-0.4, -0.2) is 47.6 Å². The highest BCUT2D eigenvalue weighted by atomic mass is 32.2. The zero-order valence-corrected chi connectivity index (χ0v) is 11.4. The number of hydrogen-bond acceptors (Lipinski definition) is 5. The molecule has 7 nitrogen and oxygen atoms in total. The van der Waals surface area contributed by atoms with E-state index in [1.54, 1.807) is 0 Å². The molecule has 2 N–H and O–H groups in total. The summed E-state index contributed by atoms with van der Waals surface area (Å²) in [6.07, 6.45) is -1.38. The second-order valence-corrected chi connectivity index (χ2v) is 6.40. The van der Waals surface area contributed by atoms with Crippen molar-refractivity contribution in [3.05, 3.63) is 29.6 Å². The van der Waals surface area contributed by atoms with Gasteiger partial charge in [-0.25, -0.2) is 12.8 Å². The maximum atomic E-state index is 13.5. The molecule has 2 unspecified atom stereocenters. The van der Waals surface area contributed by atoms with Gasteiger partial charge in [-0.3, -0.25) is 4.79 Å². The first kappa shape index (κ1) is 15.4. The molecule has 1 aliphatic heterocycles. The Hall–Kier alpha value is -2.02. The molecule has 0 saturated carbocycles. The minimum absolute atomic E-state index is 0.258. The van der Waals surface area contributed by atoms with Crippen LogP contribution in [0.4, 0.5) is 4.39 Å². The number of β-amino-alcohol motifs (C(OH)–C–C–N with tert-alkyl or cyclic N) is 1. The average Bonchev–Trinajstić information content (AvgIpc) is 2.81. The number of rotatable bonds is 3. The zero-order chi connectivity index (χ0) is 15.8. The van der Waals surface area contributed by atoms with E-state index in [1.165, 1.54) is 6.07 Å². The van der Waals surface area contributed by atoms with Gasteiger partial charge in [0.15, 0.2) is 0 Å². The van der Waals surface area contributed by atoms with E-state index in [-0.39, 0.29) is 6.42 Å². The molecule has 0 aromatic heterocycles. The summed E-state index contributed by atoms with van der Waals surface area (Å²) in [6.45, 7) is -0.416. The van der Waals surface area contributed by atoms with E-state index in [4.69, 9.17) is 10.4 Å². The molecule has 0 bridgehead atoms. The van der Waals surface area contributed by atoms with Crippen molar-refractivity contribution in [1.82, 2.24) is 4.31 Å². The molecule has 1 aliphatic rings. The number of nitriles is 1. The van der Waals surface area contributed by atoms with Crippen LogP contribution in [-0.2, 0) is 14.8 Å². The summed E-state index contributed by atoms with van der Waals surface area (Å²) in [5.74, 6) is -2.42. The third-order valence-electron chi connectivity index (χ3n) is 3.19. The van der Waals surface area contributed by atoms with Gasteiger partial charge >= 0.3 is 5.97 Å². The fraction of sp³-hybridized carbons (Fsp3) is 0.333. The van der Waals surface area contributed by atoms with Crippen molar-refractivity contribution in [3.63, 3.8) is 0 Å². The first-order chi connectivity index (χ1) is 9.78. The Balaban J connectivity index is 2.55. The lowest BCUT2D eigenvalue weighted by molar-refractivity contribution is -0.140. The Morgan fingerprint density at radius 1 is 1.48 bits per heavy atom. The quantitative estimate of drug-likeness (QED) is 0.804. The van der Waals surface area contributed by atoms with Crippen LogP contribution in [0.3, 0.4) is 0 Å². The fourth-order valence-corrected chi connectivity index (χ4v) is 4.01. The summed E-state index contributed by atoms with van der Waals surface area (Å²) in [5, 5.41) is 27.4. The lowest BCUT2D eigenvalue weighted by Gasteiger charge is -2.21. The van der Waals surface area contributed by atoms with Crippen LogP contribution in [0.1, 0.15) is 12.0 Å². The summed E-state index contributed by atoms with van der Waals surface area (Å²) in [4.78, 5) is 10.5. The second kappa shape index (κ2) is 5.40. The second-order valence-electron chi connectivity index (χ2n) is 4.54. The third kappa shape index (κ3) is 2.61. The van der Waals surface area contributed by atoms with E-state index in [0.717, 1.165) is 18.2 Å². The van der Waals surface area contributed by atoms with Gasteiger partial charge in [-0.1, -0.05) is 6.07 Å². The summed E-state index contributed by atoms with van der Waals surface area (Å²) < 4.78 is 39.0. The molecule has 0 amide bonds. The standard InChI is InChI=1S/C12H11FN2O5S/c13-9-2-1-3-11(8(9)5-14)21(19,20)15-6-7(16)4-10(15)12(17)18/h1-3,7,10,16H,4,6H2,(H,17,18). The molecule has 2 atom stereocenters. The van der Waals surface area contributed by atoms with Gasteiger partial charge in [-0.05, 0) is 12.1 Å². The van der Waals surface area contributed by atoms with Gasteiger partial charge in [0.25, 0.3) is 0 Å². The molecule has 21 heavy (non-hydrogen) atoms. The number of aliphatic carboxylic acids is 1. The van der Waals surface area contributed by atoms with Crippen molar-refractivity contribution in [2.75, 3.05) is 6.54 Å². The number of carboxylic acid groups (broad SMARTS) is 1. The van der Waals surface area contributed by atoms with Gasteiger partial charge in [0.05, 0.1) is 6.10 Å². The van der Waals surface area contributed by atoms with E-state index >= 15 is 0 Å². The van der Waals surface area contributed by atoms with E-state index in [0.29, 0.717) is 4.31 Å². The van der Waals surface area contributed by atoms with Crippen molar-refractivity contribution >= 4 is 16.0 Å². The lowest BCUT2D eigenvalue weighted by atomic mass is 10.2. The molecule has 0 radical (unpaired) electrons. The molecule has 0 aliphatic carbocycles. The Morgan fingerprint density at radius 2 is 2.14 bits per heavy atom. The van der Waals surface area contributed by atoms with E-state index < -0.39 is 51.0 Å². The smallest absolute Gasteiger partial charge is 0.322 e. The van der Waals surface area contributed by atoms with Gasteiger partial charge in [-0.15, -0.1) is 0 Å². The highest BCUT2D eigenvalue weighted by Gasteiger charge is 2.44. The van der Waals surface area contributed by atoms with Crippen molar-refractivity contribution in [3.8, 4) is 6.07 Å². The number of hydrogen-bond donors (Lipinski definition) is 2. The van der Waals surface area contributed by atoms with Crippen molar-refractivity contribution in [1.29, 1.82) is 5.26 Å². The number of carboxylic acids is 1. The first-order valence-corrected chi connectivity index (χ1v) is 7.34. The highest BCUT2D eigenvalue weighted by Crippen LogP contribution is 2.29. The predicted octanol–water partition coefficient (Wildman–Crippen LogP) is -0.0941. The molecule has 2 rings (SSSR count). The Morgan fingerprint density at radius 3 is 2.71 bits per heavy atom. The van der Waals surface area contributed by atoms with Gasteiger partial charge in [0.2, 0.25) is 10.0 Å². The number of sulfonamides is 1. The van der Waals surface area contributed by atoms with Crippen LogP contribution in [0.25, 0.3) is 0 Å². The number of carbonyl (C=O) groups is 1. The van der Waals surface area contributed by atoms with Crippen LogP contribution in [0.5, 0.6) is 0 Å². The highest BCUT2D eigenvalue weighted by molar-refractivity contribution is 7.89. The molecule has 112 valence electrons. The van der Waals surface area contributed by atoms with Gasteiger partial charge in [0, 0.05) is 13.0 Å². The molecule has 1 aromatic carbocycles. The van der Waals surface area contributed by atoms with Crippen LogP contribution < -0.4 is 0 Å². The maximum absolute atomic E-state index is 13.5. The normalized spacial score (nSPS) is 22.9. The summed E-state index contributed by atoms with van der Waals surface area (Å²) in [5.41, 5.74) is -0.678. The molecular weight excluding hydrogens is 303 g/mol. The number of nitrogens with zero attached hydrogens (tertiary/aromatic N) is 2. The van der Waals surface area contributed by atoms with Crippen molar-refractivity contribution in [2.45, 2.75) is 23.5 Å². The minimum Gasteiger partial charge on any atom is -0.480 e. The summed E-state index contributed by atoms with van der Waals surface area (Å²) in [6, 6.07) is 3.09. The van der Waals surface area contributed by atoms with Gasteiger partial charge < -0.3 is 10.2 Å². The van der Waals surface area contributed by atoms with Crippen LogP contribution >= 0.6 is 0 Å². The molecule has 1 aromatic rings. The molecule has 1 fully saturated rings. The van der Waals surface area contributed by atoms with Crippen molar-refractivity contribution in [2.24, 2.45) is 0 Å². The number of halogens is 1. The first-order valence-electron chi connectivity index (χ1n) is 5.90. The Labute approximate surface area is 119 Å². The zero-order valence-electron chi connectivity index (χ0n) is 10.6. The maximum Gasteiger partial charge on any atom is 0.322 e. The molecular formula is C12H11FN2O5S. The number of aliphatic hydroxyl groups is 1. The summed E-state index contributed by atoms with van der Waals surface area (Å²) in [7, 11) is -4.40. The average molecular weight is 314 g/mol. The van der Waals surface area contributed by atoms with E-state index in [2.05, 4.69) is 0 Å². The Kier molecular flexibility index (Phi) is 3.95. The molecule has 1 saturated heterocycles. The SMILES string of the molecule is N#Cc1c(F)cccc1S(=O)(=O)N1CC(O)CC1C(=O)O. The fourth-order valence-electron chi connectivity index (χ4n) is 2.23. The van der Waals surface area contributed by atoms with Crippen molar-refractivity contribution < 1.29 is 27.8 Å². The minimum atomic E-state index is -4.40. The molecule has 9 heteroatoms. The lowest BCUT2D eigenvalue weighted by Crippen LogP contribution is -2.40. The Bertz CT molecular complexity index is 728. The van der Waals surface area contributed by atoms with Crippen LogP contribution in [0.15, 0.2) is 23.1 Å². The predicted molar refractivity (Wildman–Crippen MR) is 67.1 cm³/mol. The van der Waals surface area contributed by atoms with Crippen LogP contribution in [0.2, 0.25) is 0 Å².